The van der Waals surface area contributed by atoms with E-state index < -0.39 is 0 Å². The Balaban J connectivity index is 1.41. The fraction of sp³-hybridized carbons (Fsp3) is 0.167. The highest BCUT2D eigenvalue weighted by molar-refractivity contribution is 7.20. The lowest BCUT2D eigenvalue weighted by Crippen LogP contribution is -2.34. The predicted octanol–water partition coefficient (Wildman–Crippen LogP) is 5.69. The minimum atomic E-state index is 0.103. The number of hydrogen-bond donors (Lipinski definition) is 0. The molecule has 2 aromatic carbocycles. The Labute approximate surface area is 167 Å². The third-order valence-corrected chi connectivity index (χ3v) is 6.34. The topological polar surface area (TPSA) is 33.2 Å². The number of carbonyl (C=O) groups excluding carboxylic acids is 1. The Morgan fingerprint density at radius 1 is 1.04 bits per heavy atom. The van der Waals surface area contributed by atoms with E-state index >= 15 is 0 Å². The van der Waals surface area contributed by atoms with Crippen LogP contribution in [0.25, 0.3) is 26.7 Å². The summed E-state index contributed by atoms with van der Waals surface area (Å²) >= 11 is 1.49. The molecule has 4 aromatic rings. The summed E-state index contributed by atoms with van der Waals surface area (Å²) in [5, 5.41) is 2.17. The van der Waals surface area contributed by atoms with Gasteiger partial charge in [-0.3, -0.25) is 4.79 Å². The third kappa shape index (κ3) is 3.10. The molecule has 0 fully saturated rings. The highest BCUT2D eigenvalue weighted by Gasteiger charge is 2.21. The van der Waals surface area contributed by atoms with Gasteiger partial charge in [0.15, 0.2) is 0 Å². The molecule has 0 saturated carbocycles. The van der Waals surface area contributed by atoms with E-state index in [1.165, 1.54) is 28.0 Å². The number of aryl methyl sites for hydroxylation is 1. The van der Waals surface area contributed by atoms with Gasteiger partial charge in [0.05, 0.1) is 10.4 Å². The van der Waals surface area contributed by atoms with Crippen LogP contribution in [0.15, 0.2) is 66.7 Å². The first-order valence-corrected chi connectivity index (χ1v) is 10.3. The number of pyridine rings is 1. The van der Waals surface area contributed by atoms with Crippen LogP contribution in [0.2, 0.25) is 0 Å². The Morgan fingerprint density at radius 2 is 1.89 bits per heavy atom. The van der Waals surface area contributed by atoms with Gasteiger partial charge in [0.2, 0.25) is 0 Å². The third-order valence-electron chi connectivity index (χ3n) is 5.31. The van der Waals surface area contributed by atoms with Gasteiger partial charge in [-0.1, -0.05) is 48.0 Å². The second-order valence-corrected chi connectivity index (χ2v) is 8.32. The Kier molecular flexibility index (Phi) is 4.21. The van der Waals surface area contributed by atoms with Crippen LogP contribution in [0, 0.1) is 6.92 Å². The van der Waals surface area contributed by atoms with Gasteiger partial charge in [0, 0.05) is 23.9 Å². The zero-order valence-electron chi connectivity index (χ0n) is 15.7. The summed E-state index contributed by atoms with van der Waals surface area (Å²) < 4.78 is 0. The van der Waals surface area contributed by atoms with E-state index in [2.05, 4.69) is 55.5 Å². The number of rotatable bonds is 2. The van der Waals surface area contributed by atoms with Crippen LogP contribution >= 0.6 is 11.3 Å². The van der Waals surface area contributed by atoms with Crippen LogP contribution < -0.4 is 0 Å². The molecule has 138 valence electrons. The summed E-state index contributed by atoms with van der Waals surface area (Å²) in [6, 6.07) is 20.8. The number of thiophene rings is 1. The first-order valence-electron chi connectivity index (χ1n) is 9.52. The molecule has 28 heavy (non-hydrogen) atoms. The highest BCUT2D eigenvalue weighted by atomic mass is 32.1. The van der Waals surface area contributed by atoms with Gasteiger partial charge in [0.25, 0.3) is 5.91 Å². The first-order chi connectivity index (χ1) is 13.7. The van der Waals surface area contributed by atoms with Crippen molar-refractivity contribution in [2.24, 2.45) is 0 Å². The minimum Gasteiger partial charge on any atom is -0.334 e. The Hall–Kier alpha value is -2.98. The van der Waals surface area contributed by atoms with Crippen molar-refractivity contribution in [1.82, 2.24) is 9.88 Å². The van der Waals surface area contributed by atoms with Gasteiger partial charge in [-0.2, -0.15) is 0 Å². The summed E-state index contributed by atoms with van der Waals surface area (Å²) in [4.78, 5) is 21.4. The van der Waals surface area contributed by atoms with Crippen molar-refractivity contribution < 1.29 is 4.79 Å². The van der Waals surface area contributed by atoms with E-state index in [4.69, 9.17) is 4.98 Å². The lowest BCUT2D eigenvalue weighted by atomic mass is 9.99. The maximum absolute atomic E-state index is 13.0. The molecule has 0 bridgehead atoms. The summed E-state index contributed by atoms with van der Waals surface area (Å²) in [6.45, 7) is 3.49. The van der Waals surface area contributed by atoms with Gasteiger partial charge in [0.1, 0.15) is 4.83 Å². The molecular formula is C24H20N2OS. The summed E-state index contributed by atoms with van der Waals surface area (Å²) in [5.41, 5.74) is 4.77. The molecule has 3 heterocycles. The van der Waals surface area contributed by atoms with E-state index in [1.807, 2.05) is 23.1 Å². The first kappa shape index (κ1) is 17.1. The molecule has 1 aliphatic rings. The fourth-order valence-electron chi connectivity index (χ4n) is 3.78. The summed E-state index contributed by atoms with van der Waals surface area (Å²) in [5.74, 6) is 0.103. The van der Waals surface area contributed by atoms with Gasteiger partial charge in [-0.25, -0.2) is 4.98 Å². The summed E-state index contributed by atoms with van der Waals surface area (Å²) in [6.07, 6.45) is 3.07. The number of carbonyl (C=O) groups is 1. The monoisotopic (exact) mass is 384 g/mol. The van der Waals surface area contributed by atoms with Crippen molar-refractivity contribution >= 4 is 43.9 Å². The van der Waals surface area contributed by atoms with Crippen molar-refractivity contribution in [3.05, 3.63) is 82.7 Å². The van der Waals surface area contributed by atoms with E-state index in [1.54, 1.807) is 0 Å². The zero-order valence-corrected chi connectivity index (χ0v) is 16.5. The van der Waals surface area contributed by atoms with Crippen LogP contribution in [0.1, 0.15) is 27.2 Å². The van der Waals surface area contributed by atoms with Gasteiger partial charge in [-0.15, -0.1) is 11.3 Å². The maximum Gasteiger partial charge on any atom is 0.264 e. The number of nitrogens with zero attached hydrogens (tertiary/aromatic N) is 2. The fourth-order valence-corrected chi connectivity index (χ4v) is 4.77. The SMILES string of the molecule is Cc1ccc2nc3sc(C(=O)N4CC=C(c5ccccc5)CC4)cc3cc2c1. The molecule has 1 amide bonds. The molecule has 0 N–H and O–H groups in total. The van der Waals surface area contributed by atoms with Crippen molar-refractivity contribution in [2.45, 2.75) is 13.3 Å². The van der Waals surface area contributed by atoms with E-state index in [0.717, 1.165) is 39.0 Å². The van der Waals surface area contributed by atoms with Crippen LogP contribution in [-0.2, 0) is 0 Å². The van der Waals surface area contributed by atoms with E-state index in [-0.39, 0.29) is 5.91 Å². The van der Waals surface area contributed by atoms with Crippen LogP contribution in [0.3, 0.4) is 0 Å². The van der Waals surface area contributed by atoms with Crippen LogP contribution in [0.5, 0.6) is 0 Å². The number of amides is 1. The van der Waals surface area contributed by atoms with Gasteiger partial charge >= 0.3 is 0 Å². The zero-order chi connectivity index (χ0) is 19.1. The Bertz CT molecular complexity index is 1220. The molecule has 0 saturated heterocycles. The second-order valence-electron chi connectivity index (χ2n) is 7.29. The van der Waals surface area contributed by atoms with Crippen molar-refractivity contribution in [2.75, 3.05) is 13.1 Å². The average Bonchev–Trinajstić information content (AvgIpc) is 3.15. The molecule has 4 heteroatoms. The van der Waals surface area contributed by atoms with Crippen LogP contribution in [-0.4, -0.2) is 28.9 Å². The standard InChI is InChI=1S/C24H20N2OS/c1-16-7-8-21-19(13-16)14-20-15-22(28-23(20)25-21)24(27)26-11-9-18(10-12-26)17-5-3-2-4-6-17/h2-9,13-15H,10-12H2,1H3. The molecule has 1 aliphatic heterocycles. The molecule has 0 radical (unpaired) electrons. The Morgan fingerprint density at radius 3 is 2.68 bits per heavy atom. The molecule has 0 atom stereocenters. The van der Waals surface area contributed by atoms with Gasteiger partial charge in [-0.05, 0) is 48.7 Å². The van der Waals surface area contributed by atoms with Crippen molar-refractivity contribution in [3.8, 4) is 0 Å². The largest absolute Gasteiger partial charge is 0.334 e. The molecule has 5 rings (SSSR count). The second kappa shape index (κ2) is 6.88. The molecular weight excluding hydrogens is 364 g/mol. The average molecular weight is 385 g/mol. The van der Waals surface area contributed by atoms with Crippen molar-refractivity contribution in [3.63, 3.8) is 0 Å². The van der Waals surface area contributed by atoms with Crippen molar-refractivity contribution in [1.29, 1.82) is 0 Å². The molecule has 0 unspecified atom stereocenters. The molecule has 0 aliphatic carbocycles. The predicted molar refractivity (Wildman–Crippen MR) is 117 cm³/mol. The van der Waals surface area contributed by atoms with E-state index in [0.29, 0.717) is 6.54 Å². The molecule has 0 spiro atoms. The quantitative estimate of drug-likeness (QED) is 0.445. The number of aromatic nitrogens is 1. The lowest BCUT2D eigenvalue weighted by Gasteiger charge is -2.26. The van der Waals surface area contributed by atoms with Gasteiger partial charge < -0.3 is 4.90 Å². The number of benzene rings is 2. The smallest absolute Gasteiger partial charge is 0.264 e. The summed E-state index contributed by atoms with van der Waals surface area (Å²) in [7, 11) is 0. The van der Waals surface area contributed by atoms with E-state index in [9.17, 15) is 4.79 Å². The maximum atomic E-state index is 13.0. The molecule has 2 aromatic heterocycles. The number of hydrogen-bond acceptors (Lipinski definition) is 3. The number of fused-ring (bicyclic) bond motifs is 2. The lowest BCUT2D eigenvalue weighted by molar-refractivity contribution is 0.0778. The van der Waals surface area contributed by atoms with Crippen LogP contribution in [0.4, 0.5) is 0 Å². The normalized spacial score (nSPS) is 14.5. The molecule has 3 nitrogen and oxygen atoms in total. The highest BCUT2D eigenvalue weighted by Crippen LogP contribution is 2.30. The minimum absolute atomic E-state index is 0.103.